The molecule has 0 saturated carbocycles. The van der Waals surface area contributed by atoms with Crippen molar-refractivity contribution in [2.24, 2.45) is 0 Å². The molecule has 0 aliphatic rings. The van der Waals surface area contributed by atoms with Crippen LogP contribution in [-0.2, 0) is 29.9 Å². The lowest BCUT2D eigenvalue weighted by Crippen LogP contribution is -2.23. The van der Waals surface area contributed by atoms with Crippen LogP contribution in [0.15, 0.2) is 12.1 Å². The second-order valence-electron chi connectivity index (χ2n) is 9.34. The zero-order valence-corrected chi connectivity index (χ0v) is 21.3. The fraction of sp³-hybridized carbons (Fsp3) is 0.692. The van der Waals surface area contributed by atoms with E-state index in [4.69, 9.17) is 18.9 Å². The van der Waals surface area contributed by atoms with Gasteiger partial charge in [0.25, 0.3) is 0 Å². The van der Waals surface area contributed by atoms with Crippen molar-refractivity contribution in [2.75, 3.05) is 27.4 Å². The minimum Gasteiger partial charge on any atom is -0.494 e. The summed E-state index contributed by atoms with van der Waals surface area (Å²) in [6.45, 7) is 13.7. The minimum atomic E-state index is -0.210. The quantitative estimate of drug-likeness (QED) is 0.337. The van der Waals surface area contributed by atoms with E-state index in [1.165, 1.54) is 14.2 Å². The number of benzene rings is 1. The Morgan fingerprint density at radius 1 is 0.719 bits per heavy atom. The lowest BCUT2D eigenvalue weighted by molar-refractivity contribution is -0.141. The Kier molecular flexibility index (Phi) is 11.0. The monoisotopic (exact) mass is 450 g/mol. The maximum atomic E-state index is 11.5. The van der Waals surface area contributed by atoms with E-state index in [9.17, 15) is 9.59 Å². The summed E-state index contributed by atoms with van der Waals surface area (Å²) in [5.41, 5.74) is 1.72. The fourth-order valence-electron chi connectivity index (χ4n) is 3.99. The fourth-order valence-corrected chi connectivity index (χ4v) is 3.99. The molecule has 0 aliphatic carbocycles. The molecule has 0 spiro atoms. The lowest BCUT2D eigenvalue weighted by Gasteiger charge is -2.32. The number of hydrogen-bond donors (Lipinski definition) is 0. The van der Waals surface area contributed by atoms with Crippen molar-refractivity contribution in [3.8, 4) is 11.5 Å². The summed E-state index contributed by atoms with van der Waals surface area (Å²) >= 11 is 0. The Hall–Kier alpha value is -2.24. The maximum Gasteiger partial charge on any atom is 0.305 e. The van der Waals surface area contributed by atoms with Gasteiger partial charge in [-0.3, -0.25) is 9.59 Å². The van der Waals surface area contributed by atoms with E-state index in [0.29, 0.717) is 26.1 Å². The van der Waals surface area contributed by atoms with Gasteiger partial charge in [-0.15, -0.1) is 0 Å². The maximum absolute atomic E-state index is 11.5. The molecule has 0 saturated heterocycles. The summed E-state index contributed by atoms with van der Waals surface area (Å²) in [6, 6.07) is 4.20. The standard InChI is InChI=1S/C26H42O6/c1-9-31-21-17-20(26(5,6)16-12-14-24(28)30-8)22(32-10-2)18-19(21)25(3,4)15-11-13-23(27)29-7/h17-18H,9-16H2,1-8H3. The first-order valence-corrected chi connectivity index (χ1v) is 11.6. The van der Waals surface area contributed by atoms with Crippen molar-refractivity contribution in [1.29, 1.82) is 0 Å². The van der Waals surface area contributed by atoms with Crippen LogP contribution in [0.5, 0.6) is 11.5 Å². The predicted molar refractivity (Wildman–Crippen MR) is 127 cm³/mol. The summed E-state index contributed by atoms with van der Waals surface area (Å²) < 4.78 is 21.7. The molecule has 0 amide bonds. The third-order valence-electron chi connectivity index (χ3n) is 5.96. The summed E-state index contributed by atoms with van der Waals surface area (Å²) in [5, 5.41) is 0. The summed E-state index contributed by atoms with van der Waals surface area (Å²) in [4.78, 5) is 23.1. The number of carbonyl (C=O) groups excluding carboxylic acids is 2. The Morgan fingerprint density at radius 3 is 1.34 bits per heavy atom. The highest BCUT2D eigenvalue weighted by atomic mass is 16.5. The SMILES string of the molecule is CCOc1cc(C(C)(C)CCCC(=O)OC)c(OCC)cc1C(C)(C)CCCC(=O)OC. The van der Waals surface area contributed by atoms with Gasteiger partial charge in [-0.25, -0.2) is 0 Å². The number of ether oxygens (including phenoxy) is 4. The van der Waals surface area contributed by atoms with Gasteiger partial charge >= 0.3 is 11.9 Å². The number of carbonyl (C=O) groups is 2. The van der Waals surface area contributed by atoms with Crippen LogP contribution in [0.25, 0.3) is 0 Å². The molecule has 0 aliphatic heterocycles. The highest BCUT2D eigenvalue weighted by Crippen LogP contribution is 2.44. The van der Waals surface area contributed by atoms with Crippen LogP contribution >= 0.6 is 0 Å². The van der Waals surface area contributed by atoms with Crippen molar-refractivity contribution in [1.82, 2.24) is 0 Å². The van der Waals surface area contributed by atoms with E-state index in [-0.39, 0.29) is 22.8 Å². The van der Waals surface area contributed by atoms with Crippen LogP contribution in [-0.4, -0.2) is 39.4 Å². The molecule has 6 nitrogen and oxygen atoms in total. The number of methoxy groups -OCH3 is 2. The molecular formula is C26H42O6. The molecule has 1 rings (SSSR count). The van der Waals surface area contributed by atoms with Crippen LogP contribution in [0.1, 0.15) is 91.2 Å². The Balaban J connectivity index is 3.29. The number of esters is 2. The second-order valence-corrected chi connectivity index (χ2v) is 9.34. The zero-order chi connectivity index (χ0) is 24.4. The molecule has 32 heavy (non-hydrogen) atoms. The number of rotatable bonds is 14. The molecule has 1 aromatic carbocycles. The molecule has 0 fully saturated rings. The van der Waals surface area contributed by atoms with Crippen molar-refractivity contribution in [2.45, 2.75) is 90.9 Å². The summed E-state index contributed by atoms with van der Waals surface area (Å²) in [5.74, 6) is 1.31. The first kappa shape index (κ1) is 27.8. The van der Waals surface area contributed by atoms with Gasteiger partial charge in [-0.2, -0.15) is 0 Å². The average molecular weight is 451 g/mol. The van der Waals surface area contributed by atoms with E-state index in [1.807, 2.05) is 13.8 Å². The van der Waals surface area contributed by atoms with Gasteiger partial charge in [0.15, 0.2) is 0 Å². The van der Waals surface area contributed by atoms with Crippen molar-refractivity contribution in [3.63, 3.8) is 0 Å². The van der Waals surface area contributed by atoms with Crippen molar-refractivity contribution >= 4 is 11.9 Å². The van der Waals surface area contributed by atoms with Gasteiger partial charge in [0.2, 0.25) is 0 Å². The average Bonchev–Trinajstić information content (AvgIpc) is 2.74. The Labute approximate surface area is 194 Å². The highest BCUT2D eigenvalue weighted by Gasteiger charge is 2.31. The summed E-state index contributed by atoms with van der Waals surface area (Å²) in [7, 11) is 2.83. The van der Waals surface area contributed by atoms with Crippen LogP contribution < -0.4 is 9.47 Å². The molecule has 0 radical (unpaired) electrons. The first-order chi connectivity index (χ1) is 15.0. The van der Waals surface area contributed by atoms with E-state index in [0.717, 1.165) is 48.3 Å². The Bertz CT molecular complexity index is 687. The lowest BCUT2D eigenvalue weighted by atomic mass is 9.75. The van der Waals surface area contributed by atoms with Crippen LogP contribution in [0, 0.1) is 0 Å². The minimum absolute atomic E-state index is 0.190. The molecule has 0 heterocycles. The molecule has 1 aromatic rings. The largest absolute Gasteiger partial charge is 0.494 e. The van der Waals surface area contributed by atoms with Gasteiger partial charge in [0.05, 0.1) is 27.4 Å². The topological polar surface area (TPSA) is 71.1 Å². The van der Waals surface area contributed by atoms with Gasteiger partial charge in [-0.1, -0.05) is 27.7 Å². The molecule has 182 valence electrons. The van der Waals surface area contributed by atoms with Gasteiger partial charge in [-0.05, 0) is 62.5 Å². The molecular weight excluding hydrogens is 408 g/mol. The van der Waals surface area contributed by atoms with Crippen LogP contribution in [0.3, 0.4) is 0 Å². The van der Waals surface area contributed by atoms with E-state index in [2.05, 4.69) is 39.8 Å². The van der Waals surface area contributed by atoms with Gasteiger partial charge < -0.3 is 18.9 Å². The third-order valence-corrected chi connectivity index (χ3v) is 5.96. The predicted octanol–water partition coefficient (Wildman–Crippen LogP) is 5.73. The number of hydrogen-bond acceptors (Lipinski definition) is 6. The van der Waals surface area contributed by atoms with E-state index in [1.54, 1.807) is 0 Å². The van der Waals surface area contributed by atoms with Gasteiger partial charge in [0, 0.05) is 24.0 Å². The zero-order valence-electron chi connectivity index (χ0n) is 21.3. The molecule has 6 heteroatoms. The molecule has 0 unspecified atom stereocenters. The summed E-state index contributed by atoms with van der Waals surface area (Å²) in [6.07, 6.45) is 3.89. The molecule has 0 atom stereocenters. The Morgan fingerprint density at radius 2 is 1.06 bits per heavy atom. The van der Waals surface area contributed by atoms with Crippen molar-refractivity contribution < 1.29 is 28.5 Å². The second kappa shape index (κ2) is 12.7. The molecule has 0 aromatic heterocycles. The molecule has 0 bridgehead atoms. The molecule has 0 N–H and O–H groups in total. The van der Waals surface area contributed by atoms with Crippen LogP contribution in [0.2, 0.25) is 0 Å². The van der Waals surface area contributed by atoms with Gasteiger partial charge in [0.1, 0.15) is 11.5 Å². The van der Waals surface area contributed by atoms with E-state index >= 15 is 0 Å². The normalized spacial score (nSPS) is 11.8. The highest BCUT2D eigenvalue weighted by molar-refractivity contribution is 5.69. The van der Waals surface area contributed by atoms with E-state index < -0.39 is 0 Å². The van der Waals surface area contributed by atoms with Crippen LogP contribution in [0.4, 0.5) is 0 Å². The first-order valence-electron chi connectivity index (χ1n) is 11.6. The van der Waals surface area contributed by atoms with Crippen molar-refractivity contribution in [3.05, 3.63) is 23.3 Å². The third kappa shape index (κ3) is 8.03. The smallest absolute Gasteiger partial charge is 0.305 e.